The minimum absolute atomic E-state index is 0.0477. The van der Waals surface area contributed by atoms with Gasteiger partial charge in [-0.25, -0.2) is 13.1 Å². The SMILES string of the molecule is CC(C)(C)C(O)CNS(=O)(=O)Cc1c(Cl)cccc1Cl. The quantitative estimate of drug-likeness (QED) is 0.866. The fourth-order valence-electron chi connectivity index (χ4n) is 1.42. The first-order valence-corrected chi connectivity index (χ1v) is 8.52. The van der Waals surface area contributed by atoms with Gasteiger partial charge in [-0.2, -0.15) is 0 Å². The van der Waals surface area contributed by atoms with Crippen molar-refractivity contribution in [1.82, 2.24) is 4.72 Å². The van der Waals surface area contributed by atoms with Crippen LogP contribution >= 0.6 is 23.2 Å². The van der Waals surface area contributed by atoms with Crippen LogP contribution in [0.1, 0.15) is 26.3 Å². The largest absolute Gasteiger partial charge is 0.391 e. The van der Waals surface area contributed by atoms with E-state index in [4.69, 9.17) is 23.2 Å². The van der Waals surface area contributed by atoms with Gasteiger partial charge in [-0.1, -0.05) is 50.0 Å². The normalized spacial score (nSPS) is 14.3. The summed E-state index contributed by atoms with van der Waals surface area (Å²) < 4.78 is 26.4. The van der Waals surface area contributed by atoms with Crippen molar-refractivity contribution in [2.45, 2.75) is 32.6 Å². The number of nitrogens with one attached hydrogen (secondary N) is 1. The molecular formula is C13H19Cl2NO3S. The van der Waals surface area contributed by atoms with Crippen molar-refractivity contribution in [2.24, 2.45) is 5.41 Å². The molecule has 0 aliphatic rings. The molecule has 1 atom stereocenters. The Balaban J connectivity index is 2.77. The molecule has 2 N–H and O–H groups in total. The van der Waals surface area contributed by atoms with Crippen LogP contribution < -0.4 is 4.72 Å². The van der Waals surface area contributed by atoms with Crippen LogP contribution in [0.4, 0.5) is 0 Å². The van der Waals surface area contributed by atoms with Crippen LogP contribution in [0, 0.1) is 5.41 Å². The topological polar surface area (TPSA) is 66.4 Å². The average molecular weight is 340 g/mol. The third kappa shape index (κ3) is 5.22. The minimum atomic E-state index is -3.61. The Kier molecular flexibility index (Phi) is 5.87. The van der Waals surface area contributed by atoms with Crippen LogP contribution in [0.2, 0.25) is 10.0 Å². The Bertz CT molecular complexity index is 547. The molecule has 7 heteroatoms. The van der Waals surface area contributed by atoms with Gasteiger partial charge in [0.25, 0.3) is 0 Å². The van der Waals surface area contributed by atoms with Gasteiger partial charge in [0.2, 0.25) is 10.0 Å². The zero-order chi connectivity index (χ0) is 15.6. The summed E-state index contributed by atoms with van der Waals surface area (Å²) in [5.74, 6) is -0.317. The lowest BCUT2D eigenvalue weighted by molar-refractivity contribution is 0.0677. The monoisotopic (exact) mass is 339 g/mol. The molecule has 1 aromatic rings. The lowest BCUT2D eigenvalue weighted by Crippen LogP contribution is -2.39. The molecule has 0 bridgehead atoms. The standard InChI is InChI=1S/C13H19Cl2NO3S/c1-13(2,3)12(17)7-16-20(18,19)8-9-10(14)5-4-6-11(9)15/h4-6,12,16-17H,7-8H2,1-3H3. The minimum Gasteiger partial charge on any atom is -0.391 e. The molecule has 0 aromatic heterocycles. The van der Waals surface area contributed by atoms with Crippen molar-refractivity contribution in [3.63, 3.8) is 0 Å². The molecule has 1 rings (SSSR count). The maximum Gasteiger partial charge on any atom is 0.215 e. The van der Waals surface area contributed by atoms with Gasteiger partial charge in [0.15, 0.2) is 0 Å². The van der Waals surface area contributed by atoms with E-state index in [1.165, 1.54) is 0 Å². The van der Waals surface area contributed by atoms with Crippen molar-refractivity contribution in [3.8, 4) is 0 Å². The Morgan fingerprint density at radius 3 is 2.20 bits per heavy atom. The van der Waals surface area contributed by atoms with Gasteiger partial charge >= 0.3 is 0 Å². The first-order chi connectivity index (χ1) is 9.03. The first-order valence-electron chi connectivity index (χ1n) is 6.11. The lowest BCUT2D eigenvalue weighted by Gasteiger charge is -2.25. The van der Waals surface area contributed by atoms with Gasteiger partial charge in [0.1, 0.15) is 0 Å². The van der Waals surface area contributed by atoms with Crippen molar-refractivity contribution >= 4 is 33.2 Å². The number of rotatable bonds is 5. The van der Waals surface area contributed by atoms with Gasteiger partial charge in [0.05, 0.1) is 11.9 Å². The van der Waals surface area contributed by atoms with Crippen molar-refractivity contribution in [1.29, 1.82) is 0 Å². The molecule has 0 amide bonds. The van der Waals surface area contributed by atoms with Gasteiger partial charge in [-0.05, 0) is 17.5 Å². The summed E-state index contributed by atoms with van der Waals surface area (Å²) >= 11 is 11.9. The van der Waals surface area contributed by atoms with E-state index in [2.05, 4.69) is 4.72 Å². The van der Waals surface area contributed by atoms with Crippen molar-refractivity contribution < 1.29 is 13.5 Å². The zero-order valence-corrected chi connectivity index (χ0v) is 14.0. The van der Waals surface area contributed by atoms with Crippen LogP contribution in [0.15, 0.2) is 18.2 Å². The van der Waals surface area contributed by atoms with E-state index < -0.39 is 21.5 Å². The van der Waals surface area contributed by atoms with E-state index in [0.717, 1.165) is 0 Å². The highest BCUT2D eigenvalue weighted by molar-refractivity contribution is 7.88. The third-order valence-corrected chi connectivity index (χ3v) is 4.88. The smallest absolute Gasteiger partial charge is 0.215 e. The second-order valence-electron chi connectivity index (χ2n) is 5.69. The molecule has 1 aromatic carbocycles. The van der Waals surface area contributed by atoms with Crippen molar-refractivity contribution in [3.05, 3.63) is 33.8 Å². The molecule has 0 heterocycles. The maximum atomic E-state index is 12.0. The van der Waals surface area contributed by atoms with E-state index in [-0.39, 0.29) is 12.3 Å². The highest BCUT2D eigenvalue weighted by Gasteiger charge is 2.24. The Labute approximate surface area is 130 Å². The summed E-state index contributed by atoms with van der Waals surface area (Å²) in [5, 5.41) is 10.5. The Hall–Kier alpha value is -0.330. The van der Waals surface area contributed by atoms with Crippen molar-refractivity contribution in [2.75, 3.05) is 6.54 Å². The summed E-state index contributed by atoms with van der Waals surface area (Å²) in [5.41, 5.74) is -0.0431. The lowest BCUT2D eigenvalue weighted by atomic mass is 9.89. The molecule has 0 fully saturated rings. The molecule has 0 saturated heterocycles. The molecule has 0 saturated carbocycles. The fraction of sp³-hybridized carbons (Fsp3) is 0.538. The second kappa shape index (κ2) is 6.62. The van der Waals surface area contributed by atoms with Crippen LogP contribution in [0.3, 0.4) is 0 Å². The second-order valence-corrected chi connectivity index (χ2v) is 8.31. The van der Waals surface area contributed by atoms with Crippen LogP contribution in [0.25, 0.3) is 0 Å². The third-order valence-electron chi connectivity index (χ3n) is 2.89. The van der Waals surface area contributed by atoms with Gasteiger partial charge < -0.3 is 5.11 Å². The Morgan fingerprint density at radius 2 is 1.75 bits per heavy atom. The number of hydrogen-bond donors (Lipinski definition) is 2. The summed E-state index contributed by atoms with van der Waals surface area (Å²) in [6.07, 6.45) is -0.779. The highest BCUT2D eigenvalue weighted by Crippen LogP contribution is 2.26. The number of halogens is 2. The van der Waals surface area contributed by atoms with Gasteiger partial charge in [-0.15, -0.1) is 0 Å². The van der Waals surface area contributed by atoms with Crippen LogP contribution in [-0.2, 0) is 15.8 Å². The van der Waals surface area contributed by atoms with E-state index in [1.807, 2.05) is 20.8 Å². The number of aliphatic hydroxyl groups excluding tert-OH is 1. The summed E-state index contributed by atoms with van der Waals surface area (Å²) in [7, 11) is -3.61. The predicted octanol–water partition coefficient (Wildman–Crippen LogP) is 2.82. The molecule has 4 nitrogen and oxygen atoms in total. The predicted molar refractivity (Wildman–Crippen MR) is 82.6 cm³/mol. The fourth-order valence-corrected chi connectivity index (χ4v) is 3.32. The van der Waals surface area contributed by atoms with E-state index in [0.29, 0.717) is 15.6 Å². The zero-order valence-electron chi connectivity index (χ0n) is 11.7. The van der Waals surface area contributed by atoms with Crippen LogP contribution in [0.5, 0.6) is 0 Å². The van der Waals surface area contributed by atoms with E-state index in [9.17, 15) is 13.5 Å². The molecule has 0 aliphatic carbocycles. The average Bonchev–Trinajstić information content (AvgIpc) is 2.30. The summed E-state index contributed by atoms with van der Waals surface area (Å²) in [4.78, 5) is 0. The number of hydrogen-bond acceptors (Lipinski definition) is 3. The maximum absolute atomic E-state index is 12.0. The molecule has 0 aliphatic heterocycles. The Morgan fingerprint density at radius 1 is 1.25 bits per heavy atom. The molecule has 114 valence electrons. The summed E-state index contributed by atoms with van der Waals surface area (Å²) in [6.45, 7) is 5.44. The number of aliphatic hydroxyl groups is 1. The molecule has 20 heavy (non-hydrogen) atoms. The van der Waals surface area contributed by atoms with E-state index in [1.54, 1.807) is 18.2 Å². The highest BCUT2D eigenvalue weighted by atomic mass is 35.5. The van der Waals surface area contributed by atoms with Gasteiger partial charge in [-0.3, -0.25) is 0 Å². The van der Waals surface area contributed by atoms with Crippen LogP contribution in [-0.4, -0.2) is 26.2 Å². The molecule has 1 unspecified atom stereocenters. The number of benzene rings is 1. The molecular weight excluding hydrogens is 321 g/mol. The van der Waals surface area contributed by atoms with Gasteiger partial charge in [0, 0.05) is 22.2 Å². The molecule has 0 radical (unpaired) electrons. The number of sulfonamides is 1. The van der Waals surface area contributed by atoms with E-state index >= 15 is 0 Å². The molecule has 0 spiro atoms. The first kappa shape index (κ1) is 17.7. The summed E-state index contributed by atoms with van der Waals surface area (Å²) in [6, 6.07) is 4.82.